The van der Waals surface area contributed by atoms with Crippen LogP contribution in [0.3, 0.4) is 0 Å². The van der Waals surface area contributed by atoms with Crippen molar-refractivity contribution in [2.45, 2.75) is 90.9 Å². The molecule has 2 unspecified atom stereocenters. The van der Waals surface area contributed by atoms with Crippen molar-refractivity contribution >= 4 is 5.78 Å². The summed E-state index contributed by atoms with van der Waals surface area (Å²) in [5, 5.41) is 0. The second-order valence-electron chi connectivity index (χ2n) is 9.69. The monoisotopic (exact) mass is 428 g/mol. The van der Waals surface area contributed by atoms with E-state index >= 15 is 0 Å². The number of carbonyl (C=O) groups is 1. The van der Waals surface area contributed by atoms with E-state index in [4.69, 9.17) is 0 Å². The molecule has 0 aromatic heterocycles. The summed E-state index contributed by atoms with van der Waals surface area (Å²) in [5.41, 5.74) is 4.44. The van der Waals surface area contributed by atoms with Crippen LogP contribution in [-0.4, -0.2) is 11.7 Å². The van der Waals surface area contributed by atoms with Crippen molar-refractivity contribution in [3.05, 3.63) is 70.8 Å². The Morgan fingerprint density at radius 2 is 1.42 bits per heavy atom. The fourth-order valence-electron chi connectivity index (χ4n) is 4.40. The Morgan fingerprint density at radius 1 is 0.871 bits per heavy atom. The van der Waals surface area contributed by atoms with Crippen molar-refractivity contribution < 1.29 is 13.6 Å². The quantitative estimate of drug-likeness (QED) is 0.457. The predicted octanol–water partition coefficient (Wildman–Crippen LogP) is 7.90. The van der Waals surface area contributed by atoms with Gasteiger partial charge < -0.3 is 0 Å². The Labute approximate surface area is 187 Å². The number of halogens is 2. The van der Waals surface area contributed by atoms with Crippen molar-refractivity contribution in [3.63, 3.8) is 0 Å². The first kappa shape index (κ1) is 25.2. The summed E-state index contributed by atoms with van der Waals surface area (Å²) in [6.07, 6.45) is 2.95. The topological polar surface area (TPSA) is 17.1 Å². The first-order valence-electron chi connectivity index (χ1n) is 11.6. The summed E-state index contributed by atoms with van der Waals surface area (Å²) in [6.45, 7) is 11.6. The van der Waals surface area contributed by atoms with Crippen LogP contribution in [-0.2, 0) is 23.1 Å². The van der Waals surface area contributed by atoms with E-state index in [1.54, 1.807) is 12.1 Å². The van der Waals surface area contributed by atoms with E-state index in [-0.39, 0.29) is 23.7 Å². The molecule has 0 bridgehead atoms. The fourth-order valence-corrected chi connectivity index (χ4v) is 4.40. The van der Waals surface area contributed by atoms with Gasteiger partial charge in [0.05, 0.1) is 0 Å². The Kier molecular flexibility index (Phi) is 8.57. The highest BCUT2D eigenvalue weighted by Gasteiger charge is 2.35. The summed E-state index contributed by atoms with van der Waals surface area (Å²) in [4.78, 5) is 12.5. The summed E-state index contributed by atoms with van der Waals surface area (Å²) in [5.74, 6) is -1.99. The Balaban J connectivity index is 0.00000166. The first-order chi connectivity index (χ1) is 14.5. The lowest BCUT2D eigenvalue weighted by atomic mass is 9.82. The number of Topliss-reactive ketones (excluding diaryl/α,β-unsaturated/α-hetero) is 1. The van der Waals surface area contributed by atoms with E-state index in [0.29, 0.717) is 17.8 Å². The number of aryl methyl sites for hydroxylation is 1. The standard InChI is InChI=1S/C26H32F2O.C2H6/c1-25(2,3)21-12-10-20(11-13-21)22-15-16-24(29)23(22)14-9-18-5-7-19(8-6-18)17-26(4,27)28;1-2/h5-8,10-13,22-23H,9,14-17H2,1-4H3;1-2H3. The molecule has 2 aromatic rings. The lowest BCUT2D eigenvalue weighted by molar-refractivity contribution is -0.121. The maximum Gasteiger partial charge on any atom is 0.249 e. The summed E-state index contributed by atoms with van der Waals surface area (Å²) < 4.78 is 26.3. The van der Waals surface area contributed by atoms with E-state index < -0.39 is 5.92 Å². The van der Waals surface area contributed by atoms with Crippen molar-refractivity contribution in [3.8, 4) is 0 Å². The van der Waals surface area contributed by atoms with Gasteiger partial charge in [-0.3, -0.25) is 4.79 Å². The van der Waals surface area contributed by atoms with E-state index in [1.807, 2.05) is 26.0 Å². The third kappa shape index (κ3) is 7.26. The van der Waals surface area contributed by atoms with Crippen LogP contribution in [0, 0.1) is 5.92 Å². The second-order valence-corrected chi connectivity index (χ2v) is 9.69. The predicted molar refractivity (Wildman–Crippen MR) is 126 cm³/mol. The van der Waals surface area contributed by atoms with Crippen LogP contribution in [0.1, 0.15) is 89.0 Å². The van der Waals surface area contributed by atoms with Gasteiger partial charge in [0.1, 0.15) is 5.78 Å². The number of carbonyl (C=O) groups excluding carboxylic acids is 1. The average molecular weight is 429 g/mol. The number of hydrogen-bond acceptors (Lipinski definition) is 1. The molecule has 170 valence electrons. The van der Waals surface area contributed by atoms with Crippen LogP contribution in [0.15, 0.2) is 48.5 Å². The summed E-state index contributed by atoms with van der Waals surface area (Å²) >= 11 is 0. The zero-order valence-electron chi connectivity index (χ0n) is 20.0. The number of hydrogen-bond donors (Lipinski definition) is 0. The molecule has 1 nitrogen and oxygen atoms in total. The molecule has 1 fully saturated rings. The van der Waals surface area contributed by atoms with Gasteiger partial charge in [0.25, 0.3) is 0 Å². The SMILES string of the molecule is CC.CC(F)(F)Cc1ccc(CCC2C(=O)CCC2c2ccc(C(C)(C)C)cc2)cc1. The summed E-state index contributed by atoms with van der Waals surface area (Å²) in [6, 6.07) is 16.2. The molecule has 0 radical (unpaired) electrons. The van der Waals surface area contributed by atoms with Gasteiger partial charge in [0, 0.05) is 18.8 Å². The maximum absolute atomic E-state index is 13.2. The van der Waals surface area contributed by atoms with E-state index in [1.165, 1.54) is 11.1 Å². The van der Waals surface area contributed by atoms with Gasteiger partial charge >= 0.3 is 0 Å². The molecular weight excluding hydrogens is 390 g/mol. The lowest BCUT2D eigenvalue weighted by Gasteiger charge is -2.22. The Hall–Kier alpha value is -2.03. The van der Waals surface area contributed by atoms with E-state index in [2.05, 4.69) is 45.0 Å². The average Bonchev–Trinajstić information content (AvgIpc) is 3.08. The normalized spacial score (nSPS) is 19.2. The zero-order chi connectivity index (χ0) is 23.2. The van der Waals surface area contributed by atoms with Crippen LogP contribution < -0.4 is 0 Å². The molecule has 2 atom stereocenters. The molecular formula is C28H38F2O. The molecule has 0 heterocycles. The summed E-state index contributed by atoms with van der Waals surface area (Å²) in [7, 11) is 0. The minimum absolute atomic E-state index is 0.0511. The van der Waals surface area contributed by atoms with Crippen LogP contribution in [0.25, 0.3) is 0 Å². The smallest absolute Gasteiger partial charge is 0.249 e. The maximum atomic E-state index is 13.2. The molecule has 1 saturated carbocycles. The van der Waals surface area contributed by atoms with Gasteiger partial charge in [0.2, 0.25) is 5.92 Å². The van der Waals surface area contributed by atoms with Gasteiger partial charge in [-0.05, 0) is 59.8 Å². The molecule has 3 heteroatoms. The lowest BCUT2D eigenvalue weighted by Crippen LogP contribution is -2.16. The molecule has 0 N–H and O–H groups in total. The third-order valence-electron chi connectivity index (χ3n) is 6.09. The van der Waals surface area contributed by atoms with Gasteiger partial charge in [-0.1, -0.05) is 83.1 Å². The Bertz CT molecular complexity index is 823. The molecule has 1 aliphatic rings. The van der Waals surface area contributed by atoms with Crippen molar-refractivity contribution in [1.82, 2.24) is 0 Å². The van der Waals surface area contributed by atoms with Crippen LogP contribution in [0.2, 0.25) is 0 Å². The molecule has 31 heavy (non-hydrogen) atoms. The molecule has 0 saturated heterocycles. The molecule has 1 aliphatic carbocycles. The Morgan fingerprint density at radius 3 is 1.94 bits per heavy atom. The molecule has 0 aliphatic heterocycles. The van der Waals surface area contributed by atoms with Crippen molar-refractivity contribution in [1.29, 1.82) is 0 Å². The number of rotatable bonds is 6. The second kappa shape index (κ2) is 10.5. The zero-order valence-corrected chi connectivity index (χ0v) is 20.0. The van der Waals surface area contributed by atoms with Crippen LogP contribution in [0.4, 0.5) is 8.78 Å². The third-order valence-corrected chi connectivity index (χ3v) is 6.09. The minimum atomic E-state index is -2.69. The van der Waals surface area contributed by atoms with E-state index in [9.17, 15) is 13.6 Å². The minimum Gasteiger partial charge on any atom is -0.299 e. The largest absolute Gasteiger partial charge is 0.299 e. The highest BCUT2D eigenvalue weighted by Crippen LogP contribution is 2.40. The molecule has 0 amide bonds. The molecule has 3 rings (SSSR count). The van der Waals surface area contributed by atoms with Gasteiger partial charge in [-0.25, -0.2) is 8.78 Å². The van der Waals surface area contributed by atoms with E-state index in [0.717, 1.165) is 31.7 Å². The first-order valence-corrected chi connectivity index (χ1v) is 11.6. The van der Waals surface area contributed by atoms with Gasteiger partial charge in [-0.15, -0.1) is 0 Å². The van der Waals surface area contributed by atoms with Crippen molar-refractivity contribution in [2.24, 2.45) is 5.92 Å². The van der Waals surface area contributed by atoms with Gasteiger partial charge in [0.15, 0.2) is 0 Å². The van der Waals surface area contributed by atoms with Gasteiger partial charge in [-0.2, -0.15) is 0 Å². The molecule has 0 spiro atoms. The number of benzene rings is 2. The van der Waals surface area contributed by atoms with Crippen LogP contribution in [0.5, 0.6) is 0 Å². The highest BCUT2D eigenvalue weighted by atomic mass is 19.3. The fraction of sp³-hybridized carbons (Fsp3) is 0.536. The highest BCUT2D eigenvalue weighted by molar-refractivity contribution is 5.84. The molecule has 2 aromatic carbocycles. The number of alkyl halides is 2. The van der Waals surface area contributed by atoms with Crippen LogP contribution >= 0.6 is 0 Å². The van der Waals surface area contributed by atoms with Crippen molar-refractivity contribution in [2.75, 3.05) is 0 Å². The number of ketones is 1.